The van der Waals surface area contributed by atoms with E-state index in [0.29, 0.717) is 22.9 Å². The van der Waals surface area contributed by atoms with E-state index >= 15 is 0 Å². The second-order valence-electron chi connectivity index (χ2n) is 5.83. The van der Waals surface area contributed by atoms with Crippen LogP contribution in [0.3, 0.4) is 0 Å². The van der Waals surface area contributed by atoms with Crippen molar-refractivity contribution in [3.8, 4) is 0 Å². The summed E-state index contributed by atoms with van der Waals surface area (Å²) in [5.41, 5.74) is 0.530. The summed E-state index contributed by atoms with van der Waals surface area (Å²) in [6.07, 6.45) is 1.48. The smallest absolute Gasteiger partial charge is 0.260 e. The van der Waals surface area contributed by atoms with E-state index < -0.39 is 0 Å². The molecule has 7 nitrogen and oxygen atoms in total. The molecule has 0 unspecified atom stereocenters. The second kappa shape index (κ2) is 6.37. The maximum atomic E-state index is 12.3. The zero-order valence-corrected chi connectivity index (χ0v) is 13.7. The summed E-state index contributed by atoms with van der Waals surface area (Å²) in [4.78, 5) is 25.3. The van der Waals surface area contributed by atoms with Crippen LogP contribution in [-0.4, -0.2) is 54.0 Å². The van der Waals surface area contributed by atoms with Gasteiger partial charge in [0.2, 0.25) is 0 Å². The van der Waals surface area contributed by atoms with Crippen molar-refractivity contribution in [3.63, 3.8) is 0 Å². The Morgan fingerprint density at radius 3 is 2.57 bits per heavy atom. The van der Waals surface area contributed by atoms with Crippen molar-refractivity contribution in [1.82, 2.24) is 14.9 Å². The van der Waals surface area contributed by atoms with Gasteiger partial charge in [-0.05, 0) is 27.0 Å². The summed E-state index contributed by atoms with van der Waals surface area (Å²) in [6.45, 7) is 7.43. The number of hydrogen-bond donors (Lipinski definition) is 1. The molecule has 0 bridgehead atoms. The number of nitrogens with one attached hydrogen (secondary N) is 1. The highest BCUT2D eigenvalue weighted by Gasteiger charge is 2.17. The zero-order valence-electron chi connectivity index (χ0n) is 13.7. The van der Waals surface area contributed by atoms with Gasteiger partial charge in [-0.15, -0.1) is 0 Å². The van der Waals surface area contributed by atoms with Gasteiger partial charge in [-0.2, -0.15) is 0 Å². The van der Waals surface area contributed by atoms with Crippen LogP contribution in [0.4, 0.5) is 11.6 Å². The lowest BCUT2D eigenvalue weighted by molar-refractivity contribution is 0.102. The molecule has 2 aromatic heterocycles. The average molecular weight is 315 g/mol. The predicted molar refractivity (Wildman–Crippen MR) is 87.9 cm³/mol. The molecular formula is C16H21N5O2. The normalized spacial score (nSPS) is 15.7. The molecule has 1 aliphatic heterocycles. The summed E-state index contributed by atoms with van der Waals surface area (Å²) >= 11 is 0. The first-order valence-corrected chi connectivity index (χ1v) is 7.67. The molecule has 1 fully saturated rings. The third kappa shape index (κ3) is 3.50. The van der Waals surface area contributed by atoms with Gasteiger partial charge in [0.05, 0.1) is 5.56 Å². The van der Waals surface area contributed by atoms with Crippen molar-refractivity contribution in [1.29, 1.82) is 0 Å². The number of anilines is 2. The lowest BCUT2D eigenvalue weighted by Crippen LogP contribution is -2.44. The fourth-order valence-corrected chi connectivity index (χ4v) is 2.66. The highest BCUT2D eigenvalue weighted by atomic mass is 16.3. The van der Waals surface area contributed by atoms with Crippen molar-refractivity contribution < 1.29 is 9.21 Å². The Hall–Kier alpha value is -2.41. The van der Waals surface area contributed by atoms with Gasteiger partial charge in [0.1, 0.15) is 29.5 Å². The van der Waals surface area contributed by atoms with Gasteiger partial charge in [0.25, 0.3) is 5.91 Å². The number of likely N-dealkylation sites (N-methyl/N-ethyl adjacent to an activating group) is 1. The third-order valence-electron chi connectivity index (χ3n) is 4.01. The second-order valence-corrected chi connectivity index (χ2v) is 5.83. The maximum absolute atomic E-state index is 12.3. The van der Waals surface area contributed by atoms with Crippen LogP contribution < -0.4 is 10.2 Å². The van der Waals surface area contributed by atoms with E-state index in [0.717, 1.165) is 32.0 Å². The number of rotatable bonds is 3. The highest BCUT2D eigenvalue weighted by Crippen LogP contribution is 2.18. The Labute approximate surface area is 135 Å². The molecule has 0 atom stereocenters. The van der Waals surface area contributed by atoms with E-state index in [1.54, 1.807) is 13.0 Å². The van der Waals surface area contributed by atoms with Crippen molar-refractivity contribution in [2.75, 3.05) is 43.4 Å². The molecule has 1 saturated heterocycles. The van der Waals surface area contributed by atoms with Crippen LogP contribution in [0, 0.1) is 13.8 Å². The van der Waals surface area contributed by atoms with Gasteiger partial charge in [-0.1, -0.05) is 0 Å². The van der Waals surface area contributed by atoms with Crippen molar-refractivity contribution >= 4 is 17.5 Å². The van der Waals surface area contributed by atoms with E-state index in [-0.39, 0.29) is 5.91 Å². The standard InChI is InChI=1S/C16H21N5O2/c1-11-8-13(12(2)23-11)16(22)19-14-9-15(18-10-17-14)21-6-4-20(3)5-7-21/h8-10H,4-7H2,1-3H3,(H,17,18,19,22). The summed E-state index contributed by atoms with van der Waals surface area (Å²) in [5, 5.41) is 2.81. The largest absolute Gasteiger partial charge is 0.466 e. The number of aromatic nitrogens is 2. The Morgan fingerprint density at radius 1 is 1.17 bits per heavy atom. The molecule has 1 aliphatic rings. The van der Waals surface area contributed by atoms with Gasteiger partial charge in [-0.25, -0.2) is 9.97 Å². The fraction of sp³-hybridized carbons (Fsp3) is 0.438. The molecule has 3 rings (SSSR count). The Bertz CT molecular complexity index is 704. The minimum Gasteiger partial charge on any atom is -0.466 e. The first-order valence-electron chi connectivity index (χ1n) is 7.67. The van der Waals surface area contributed by atoms with Crippen LogP contribution in [-0.2, 0) is 0 Å². The minimum absolute atomic E-state index is 0.220. The Balaban J connectivity index is 1.72. The first kappa shape index (κ1) is 15.5. The SMILES string of the molecule is Cc1cc(C(=O)Nc2cc(N3CCN(C)CC3)ncn2)c(C)o1. The van der Waals surface area contributed by atoms with Crippen LogP contribution in [0.5, 0.6) is 0 Å². The van der Waals surface area contributed by atoms with Crippen LogP contribution in [0.1, 0.15) is 21.9 Å². The average Bonchev–Trinajstić information content (AvgIpc) is 2.87. The number of furan rings is 1. The van der Waals surface area contributed by atoms with E-state index in [9.17, 15) is 4.79 Å². The monoisotopic (exact) mass is 315 g/mol. The summed E-state index contributed by atoms with van der Waals surface area (Å²) in [7, 11) is 2.11. The molecule has 1 amide bonds. The molecular weight excluding hydrogens is 294 g/mol. The number of amides is 1. The van der Waals surface area contributed by atoms with Crippen LogP contribution in [0.15, 0.2) is 22.9 Å². The van der Waals surface area contributed by atoms with E-state index in [1.807, 2.05) is 13.0 Å². The quantitative estimate of drug-likeness (QED) is 0.929. The van der Waals surface area contributed by atoms with Gasteiger partial charge in [0, 0.05) is 32.2 Å². The van der Waals surface area contributed by atoms with Gasteiger partial charge in [-0.3, -0.25) is 4.79 Å². The van der Waals surface area contributed by atoms with Crippen LogP contribution in [0.25, 0.3) is 0 Å². The molecule has 0 aliphatic carbocycles. The molecule has 122 valence electrons. The topological polar surface area (TPSA) is 74.5 Å². The highest BCUT2D eigenvalue weighted by molar-refractivity contribution is 6.04. The molecule has 1 N–H and O–H groups in total. The molecule has 2 aromatic rings. The zero-order chi connectivity index (χ0) is 16.4. The summed E-state index contributed by atoms with van der Waals surface area (Å²) < 4.78 is 5.40. The van der Waals surface area contributed by atoms with Crippen LogP contribution >= 0.6 is 0 Å². The summed E-state index contributed by atoms with van der Waals surface area (Å²) in [5.74, 6) is 2.44. The van der Waals surface area contributed by atoms with Crippen molar-refractivity contribution in [3.05, 3.63) is 35.5 Å². The molecule has 23 heavy (non-hydrogen) atoms. The molecule has 0 aromatic carbocycles. The number of nitrogens with zero attached hydrogens (tertiary/aromatic N) is 4. The van der Waals surface area contributed by atoms with E-state index in [2.05, 4.69) is 32.1 Å². The van der Waals surface area contributed by atoms with Gasteiger partial charge >= 0.3 is 0 Å². The lowest BCUT2D eigenvalue weighted by atomic mass is 10.2. The number of hydrogen-bond acceptors (Lipinski definition) is 6. The summed E-state index contributed by atoms with van der Waals surface area (Å²) in [6, 6.07) is 3.54. The maximum Gasteiger partial charge on any atom is 0.260 e. The lowest BCUT2D eigenvalue weighted by Gasteiger charge is -2.33. The minimum atomic E-state index is -0.220. The van der Waals surface area contributed by atoms with E-state index in [4.69, 9.17) is 4.42 Å². The number of carbonyl (C=O) groups excluding carboxylic acids is 1. The van der Waals surface area contributed by atoms with Crippen molar-refractivity contribution in [2.45, 2.75) is 13.8 Å². The molecule has 0 radical (unpaired) electrons. The predicted octanol–water partition coefficient (Wildman–Crippen LogP) is 1.69. The molecule has 7 heteroatoms. The Kier molecular flexibility index (Phi) is 4.29. The molecule has 3 heterocycles. The number of carbonyl (C=O) groups is 1. The number of piperazine rings is 1. The van der Waals surface area contributed by atoms with E-state index in [1.165, 1.54) is 6.33 Å². The third-order valence-corrected chi connectivity index (χ3v) is 4.01. The van der Waals surface area contributed by atoms with Gasteiger partial charge in [0.15, 0.2) is 0 Å². The fourth-order valence-electron chi connectivity index (χ4n) is 2.66. The first-order chi connectivity index (χ1) is 11.0. The Morgan fingerprint density at radius 2 is 1.91 bits per heavy atom. The van der Waals surface area contributed by atoms with Gasteiger partial charge < -0.3 is 19.5 Å². The molecule has 0 saturated carbocycles. The van der Waals surface area contributed by atoms with Crippen LogP contribution in [0.2, 0.25) is 0 Å². The number of aryl methyl sites for hydroxylation is 2. The van der Waals surface area contributed by atoms with Crippen molar-refractivity contribution in [2.24, 2.45) is 0 Å². The molecule has 0 spiro atoms.